The summed E-state index contributed by atoms with van der Waals surface area (Å²) < 4.78 is 0. The van der Waals surface area contributed by atoms with Gasteiger partial charge < -0.3 is 5.11 Å². The molecule has 1 aromatic carbocycles. The van der Waals surface area contributed by atoms with Crippen molar-refractivity contribution in [3.05, 3.63) is 52.0 Å². The monoisotopic (exact) mass is 302 g/mol. The van der Waals surface area contributed by atoms with E-state index in [1.807, 2.05) is 30.3 Å². The zero-order valence-corrected chi connectivity index (χ0v) is 13.2. The lowest BCUT2D eigenvalue weighted by Crippen LogP contribution is -2.30. The second-order valence-electron chi connectivity index (χ2n) is 5.79. The molecule has 3 nitrogen and oxygen atoms in total. The number of aliphatic hydroxyl groups excluding tert-OH is 1. The fraction of sp³-hybridized carbons (Fsp3) is 0.471. The molecular formula is C17H22N2OS. The van der Waals surface area contributed by atoms with Crippen LogP contribution in [0.2, 0.25) is 0 Å². The van der Waals surface area contributed by atoms with Crippen LogP contribution in [0.4, 0.5) is 0 Å². The minimum atomic E-state index is -0.367. The van der Waals surface area contributed by atoms with Gasteiger partial charge in [-0.2, -0.15) is 0 Å². The summed E-state index contributed by atoms with van der Waals surface area (Å²) in [5.41, 5.74) is 2.19. The molecule has 2 heterocycles. The lowest BCUT2D eigenvalue weighted by Gasteiger charge is -2.25. The zero-order chi connectivity index (χ0) is 14.7. The smallest absolute Gasteiger partial charge is 0.0897 e. The predicted octanol–water partition coefficient (Wildman–Crippen LogP) is 3.54. The molecular weight excluding hydrogens is 280 g/mol. The number of benzene rings is 1. The van der Waals surface area contributed by atoms with Crippen molar-refractivity contribution in [2.75, 3.05) is 6.54 Å². The van der Waals surface area contributed by atoms with Crippen LogP contribution in [-0.4, -0.2) is 27.6 Å². The van der Waals surface area contributed by atoms with Gasteiger partial charge in [0.2, 0.25) is 0 Å². The minimum absolute atomic E-state index is 0.367. The van der Waals surface area contributed by atoms with Crippen molar-refractivity contribution in [3.8, 4) is 0 Å². The molecule has 2 atom stereocenters. The largest absolute Gasteiger partial charge is 0.388 e. The Hall–Kier alpha value is -1.23. The van der Waals surface area contributed by atoms with Crippen LogP contribution in [0.15, 0.2) is 35.7 Å². The van der Waals surface area contributed by atoms with Crippen LogP contribution in [0.25, 0.3) is 0 Å². The third-order valence-corrected chi connectivity index (χ3v) is 5.03. The molecule has 3 rings (SSSR count). The lowest BCUT2D eigenvalue weighted by atomic mass is 10.0. The Labute approximate surface area is 130 Å². The maximum Gasteiger partial charge on any atom is 0.0897 e. The lowest BCUT2D eigenvalue weighted by molar-refractivity contribution is 0.117. The van der Waals surface area contributed by atoms with Gasteiger partial charge >= 0.3 is 0 Å². The van der Waals surface area contributed by atoms with Crippen LogP contribution < -0.4 is 0 Å². The molecule has 0 amide bonds. The fourth-order valence-electron chi connectivity index (χ4n) is 3.13. The molecule has 1 aliphatic heterocycles. The molecule has 0 radical (unpaired) electrons. The van der Waals surface area contributed by atoms with E-state index in [0.717, 1.165) is 30.1 Å². The molecule has 1 aromatic heterocycles. The number of aliphatic hydroxyl groups is 1. The fourth-order valence-corrected chi connectivity index (χ4v) is 3.73. The summed E-state index contributed by atoms with van der Waals surface area (Å²) in [6.45, 7) is 4.08. The molecule has 1 aliphatic rings. The number of hydrogen-bond donors (Lipinski definition) is 1. The Bertz CT molecular complexity index is 569. The third kappa shape index (κ3) is 3.70. The normalized spacial score (nSPS) is 20.8. The van der Waals surface area contributed by atoms with Gasteiger partial charge in [-0.1, -0.05) is 30.3 Å². The van der Waals surface area contributed by atoms with E-state index < -0.39 is 0 Å². The maximum absolute atomic E-state index is 10.4. The van der Waals surface area contributed by atoms with Gasteiger partial charge in [-0.05, 0) is 38.3 Å². The van der Waals surface area contributed by atoms with E-state index in [-0.39, 0.29) is 6.10 Å². The number of likely N-dealkylation sites (tertiary alicyclic amines) is 1. The first-order chi connectivity index (χ1) is 10.2. The molecule has 112 valence electrons. The number of nitrogens with zero attached hydrogens (tertiary/aromatic N) is 2. The molecule has 0 saturated carbocycles. The van der Waals surface area contributed by atoms with Crippen molar-refractivity contribution in [2.45, 2.75) is 44.9 Å². The van der Waals surface area contributed by atoms with Gasteiger partial charge in [0.1, 0.15) is 0 Å². The number of aryl methyl sites for hydroxylation is 1. The summed E-state index contributed by atoms with van der Waals surface area (Å²) in [6, 6.07) is 10.4. The van der Waals surface area contributed by atoms with Gasteiger partial charge in [-0.25, -0.2) is 4.98 Å². The van der Waals surface area contributed by atoms with E-state index in [1.165, 1.54) is 18.5 Å². The van der Waals surface area contributed by atoms with E-state index >= 15 is 0 Å². The Morgan fingerprint density at radius 3 is 2.90 bits per heavy atom. The van der Waals surface area contributed by atoms with Crippen molar-refractivity contribution in [2.24, 2.45) is 0 Å². The standard InChI is InChI=1S/C17H22N2OS/c1-13-18-15(12-21-13)11-19-9-5-8-16(19)10-17(20)14-6-3-2-4-7-14/h2-4,6-7,12,16-17,20H,5,8-11H2,1H3/t16-,17-/m0/s1. The number of hydrogen-bond acceptors (Lipinski definition) is 4. The van der Waals surface area contributed by atoms with Crippen LogP contribution >= 0.6 is 11.3 Å². The molecule has 1 fully saturated rings. The van der Waals surface area contributed by atoms with Crippen molar-refractivity contribution in [1.29, 1.82) is 0 Å². The molecule has 2 aromatic rings. The first-order valence-electron chi connectivity index (χ1n) is 7.60. The number of thiazole rings is 1. The van der Waals surface area contributed by atoms with Gasteiger partial charge in [0.15, 0.2) is 0 Å². The highest BCUT2D eigenvalue weighted by molar-refractivity contribution is 7.09. The van der Waals surface area contributed by atoms with E-state index in [9.17, 15) is 5.11 Å². The van der Waals surface area contributed by atoms with E-state index in [4.69, 9.17) is 0 Å². The molecule has 4 heteroatoms. The first-order valence-corrected chi connectivity index (χ1v) is 8.48. The topological polar surface area (TPSA) is 36.4 Å². The molecule has 0 aliphatic carbocycles. The Morgan fingerprint density at radius 2 is 2.19 bits per heavy atom. The summed E-state index contributed by atoms with van der Waals surface area (Å²) in [6.07, 6.45) is 2.84. The first kappa shape index (κ1) is 14.7. The Morgan fingerprint density at radius 1 is 1.38 bits per heavy atom. The summed E-state index contributed by atoms with van der Waals surface area (Å²) in [5, 5.41) is 13.7. The van der Waals surface area contributed by atoms with Gasteiger partial charge in [0, 0.05) is 18.0 Å². The van der Waals surface area contributed by atoms with Crippen molar-refractivity contribution >= 4 is 11.3 Å². The summed E-state index contributed by atoms with van der Waals surface area (Å²) in [4.78, 5) is 7.03. The van der Waals surface area contributed by atoms with Crippen molar-refractivity contribution in [1.82, 2.24) is 9.88 Å². The Balaban J connectivity index is 1.61. The average Bonchev–Trinajstić information content (AvgIpc) is 3.10. The molecule has 0 spiro atoms. The molecule has 21 heavy (non-hydrogen) atoms. The van der Waals surface area contributed by atoms with Gasteiger partial charge in [0.25, 0.3) is 0 Å². The van der Waals surface area contributed by atoms with E-state index in [2.05, 4.69) is 22.2 Å². The number of rotatable bonds is 5. The minimum Gasteiger partial charge on any atom is -0.388 e. The van der Waals surface area contributed by atoms with Crippen LogP contribution in [0.1, 0.15) is 41.6 Å². The highest BCUT2D eigenvalue weighted by Crippen LogP contribution is 2.28. The van der Waals surface area contributed by atoms with E-state index in [1.54, 1.807) is 11.3 Å². The highest BCUT2D eigenvalue weighted by Gasteiger charge is 2.27. The third-order valence-electron chi connectivity index (χ3n) is 4.21. The second-order valence-corrected chi connectivity index (χ2v) is 6.85. The van der Waals surface area contributed by atoms with Crippen LogP contribution in [-0.2, 0) is 6.54 Å². The molecule has 0 bridgehead atoms. The molecule has 0 unspecified atom stereocenters. The zero-order valence-electron chi connectivity index (χ0n) is 12.4. The van der Waals surface area contributed by atoms with Crippen molar-refractivity contribution in [3.63, 3.8) is 0 Å². The average molecular weight is 302 g/mol. The van der Waals surface area contributed by atoms with Gasteiger partial charge in [-0.3, -0.25) is 4.90 Å². The second kappa shape index (κ2) is 6.69. The van der Waals surface area contributed by atoms with Crippen LogP contribution in [0.3, 0.4) is 0 Å². The number of aromatic nitrogens is 1. The van der Waals surface area contributed by atoms with Crippen LogP contribution in [0.5, 0.6) is 0 Å². The van der Waals surface area contributed by atoms with Crippen LogP contribution in [0, 0.1) is 6.92 Å². The summed E-state index contributed by atoms with van der Waals surface area (Å²) in [5.74, 6) is 0. The van der Waals surface area contributed by atoms with Gasteiger partial charge in [0.05, 0.1) is 16.8 Å². The van der Waals surface area contributed by atoms with E-state index in [0.29, 0.717) is 6.04 Å². The molecule has 1 saturated heterocycles. The van der Waals surface area contributed by atoms with Crippen molar-refractivity contribution < 1.29 is 5.11 Å². The quantitative estimate of drug-likeness (QED) is 0.918. The predicted molar refractivity (Wildman–Crippen MR) is 86.3 cm³/mol. The SMILES string of the molecule is Cc1nc(CN2CCC[C@H]2C[C@H](O)c2ccccc2)cs1. The maximum atomic E-state index is 10.4. The van der Waals surface area contributed by atoms with Gasteiger partial charge in [-0.15, -0.1) is 11.3 Å². The Kier molecular flexibility index (Phi) is 4.68. The highest BCUT2D eigenvalue weighted by atomic mass is 32.1. The summed E-state index contributed by atoms with van der Waals surface area (Å²) >= 11 is 1.71. The molecule has 1 N–H and O–H groups in total. The summed E-state index contributed by atoms with van der Waals surface area (Å²) in [7, 11) is 0.